The lowest BCUT2D eigenvalue weighted by Crippen LogP contribution is -2.01. The van der Waals surface area contributed by atoms with Crippen LogP contribution >= 0.6 is 11.6 Å². The number of imidazole rings is 1. The lowest BCUT2D eigenvalue weighted by Gasteiger charge is -2.12. The smallest absolute Gasteiger partial charge is 0.142 e. The standard InChI is InChI=1S/C15H12ClFN2O/c1-20-14-5-3-2-4-13(14)19-12-7-6-10(17)8-11(12)18-15(19)9-16/h2-8H,9H2,1H3. The Balaban J connectivity index is 2.34. The highest BCUT2D eigenvalue weighted by molar-refractivity contribution is 6.17. The van der Waals surface area contributed by atoms with Crippen LogP contribution in [0.2, 0.25) is 0 Å². The molecule has 3 nitrogen and oxygen atoms in total. The zero-order valence-corrected chi connectivity index (χ0v) is 11.6. The predicted octanol–water partition coefficient (Wildman–Crippen LogP) is 3.91. The quantitative estimate of drug-likeness (QED) is 0.684. The number of para-hydroxylation sites is 2. The Morgan fingerprint density at radius 3 is 2.80 bits per heavy atom. The third kappa shape index (κ3) is 2.02. The molecular weight excluding hydrogens is 279 g/mol. The number of fused-ring (bicyclic) bond motifs is 1. The number of aromatic nitrogens is 2. The van der Waals surface area contributed by atoms with Gasteiger partial charge in [0.05, 0.1) is 29.7 Å². The Bertz CT molecular complexity index is 770. The second-order valence-electron chi connectivity index (χ2n) is 4.30. The van der Waals surface area contributed by atoms with Crippen molar-refractivity contribution in [2.75, 3.05) is 7.11 Å². The molecule has 0 radical (unpaired) electrons. The normalized spacial score (nSPS) is 10.9. The molecule has 0 bridgehead atoms. The lowest BCUT2D eigenvalue weighted by molar-refractivity contribution is 0.413. The minimum Gasteiger partial charge on any atom is -0.495 e. The molecule has 0 amide bonds. The summed E-state index contributed by atoms with van der Waals surface area (Å²) in [5, 5.41) is 0. The maximum atomic E-state index is 13.3. The summed E-state index contributed by atoms with van der Waals surface area (Å²) in [6.07, 6.45) is 0. The molecule has 1 aromatic heterocycles. The molecule has 0 unspecified atom stereocenters. The summed E-state index contributed by atoms with van der Waals surface area (Å²) in [5.74, 6) is 1.27. The highest BCUT2D eigenvalue weighted by atomic mass is 35.5. The van der Waals surface area contributed by atoms with Crippen LogP contribution in [0, 0.1) is 5.82 Å². The molecule has 0 aliphatic heterocycles. The second kappa shape index (κ2) is 5.13. The average molecular weight is 291 g/mol. The molecule has 1 heterocycles. The molecule has 102 valence electrons. The minimum absolute atomic E-state index is 0.231. The molecule has 3 rings (SSSR count). The molecule has 0 spiro atoms. The van der Waals surface area contributed by atoms with E-state index >= 15 is 0 Å². The highest BCUT2D eigenvalue weighted by Crippen LogP contribution is 2.29. The van der Waals surface area contributed by atoms with E-state index in [0.717, 1.165) is 11.2 Å². The minimum atomic E-state index is -0.316. The third-order valence-electron chi connectivity index (χ3n) is 3.13. The monoisotopic (exact) mass is 290 g/mol. The number of ether oxygens (including phenoxy) is 1. The van der Waals surface area contributed by atoms with Crippen molar-refractivity contribution in [3.8, 4) is 11.4 Å². The van der Waals surface area contributed by atoms with Crippen molar-refractivity contribution >= 4 is 22.6 Å². The maximum Gasteiger partial charge on any atom is 0.142 e. The van der Waals surface area contributed by atoms with E-state index in [4.69, 9.17) is 16.3 Å². The van der Waals surface area contributed by atoms with Crippen molar-refractivity contribution in [2.45, 2.75) is 5.88 Å². The van der Waals surface area contributed by atoms with E-state index in [1.807, 2.05) is 28.8 Å². The van der Waals surface area contributed by atoms with E-state index in [1.165, 1.54) is 12.1 Å². The van der Waals surface area contributed by atoms with Gasteiger partial charge in [0.2, 0.25) is 0 Å². The van der Waals surface area contributed by atoms with Gasteiger partial charge in [0.15, 0.2) is 0 Å². The van der Waals surface area contributed by atoms with E-state index in [2.05, 4.69) is 4.98 Å². The molecule has 0 aliphatic carbocycles. The van der Waals surface area contributed by atoms with Crippen molar-refractivity contribution in [2.24, 2.45) is 0 Å². The highest BCUT2D eigenvalue weighted by Gasteiger charge is 2.15. The summed E-state index contributed by atoms with van der Waals surface area (Å²) in [5.41, 5.74) is 2.21. The molecule has 2 aromatic carbocycles. The Kier molecular flexibility index (Phi) is 3.32. The van der Waals surface area contributed by atoms with Crippen molar-refractivity contribution < 1.29 is 9.13 Å². The van der Waals surface area contributed by atoms with E-state index in [9.17, 15) is 4.39 Å². The van der Waals surface area contributed by atoms with Gasteiger partial charge in [-0.3, -0.25) is 4.57 Å². The molecule has 5 heteroatoms. The molecular formula is C15H12ClFN2O. The number of nitrogens with zero attached hydrogens (tertiary/aromatic N) is 2. The van der Waals surface area contributed by atoms with Gasteiger partial charge in [0.25, 0.3) is 0 Å². The van der Waals surface area contributed by atoms with E-state index in [0.29, 0.717) is 17.1 Å². The fourth-order valence-corrected chi connectivity index (χ4v) is 2.46. The van der Waals surface area contributed by atoms with Crippen LogP contribution in [0.25, 0.3) is 16.7 Å². The summed E-state index contributed by atoms with van der Waals surface area (Å²) in [7, 11) is 1.61. The largest absolute Gasteiger partial charge is 0.495 e. The topological polar surface area (TPSA) is 27.1 Å². The van der Waals surface area contributed by atoms with Gasteiger partial charge < -0.3 is 4.74 Å². The SMILES string of the molecule is COc1ccccc1-n1c(CCl)nc2cc(F)ccc21. The summed E-state index contributed by atoms with van der Waals surface area (Å²) in [6, 6.07) is 12.1. The fraction of sp³-hybridized carbons (Fsp3) is 0.133. The van der Waals surface area contributed by atoms with E-state index < -0.39 is 0 Å². The van der Waals surface area contributed by atoms with E-state index in [1.54, 1.807) is 13.2 Å². The molecule has 0 fully saturated rings. The Hall–Kier alpha value is -2.07. The zero-order chi connectivity index (χ0) is 14.1. The first-order valence-electron chi connectivity index (χ1n) is 6.11. The van der Waals surface area contributed by atoms with Crippen molar-refractivity contribution in [1.82, 2.24) is 9.55 Å². The number of hydrogen-bond donors (Lipinski definition) is 0. The number of rotatable bonds is 3. The fourth-order valence-electron chi connectivity index (χ4n) is 2.28. The van der Waals surface area contributed by atoms with Crippen LogP contribution in [0.4, 0.5) is 4.39 Å². The summed E-state index contributed by atoms with van der Waals surface area (Å²) >= 11 is 5.97. The van der Waals surface area contributed by atoms with Crippen LogP contribution in [-0.2, 0) is 5.88 Å². The van der Waals surface area contributed by atoms with Crippen LogP contribution in [0.5, 0.6) is 5.75 Å². The molecule has 0 saturated carbocycles. The first kappa shape index (κ1) is 12.9. The first-order chi connectivity index (χ1) is 9.74. The molecule has 3 aromatic rings. The predicted molar refractivity (Wildman–Crippen MR) is 77.1 cm³/mol. The van der Waals surface area contributed by atoms with Gasteiger partial charge >= 0.3 is 0 Å². The van der Waals surface area contributed by atoms with Gasteiger partial charge in [-0.25, -0.2) is 9.37 Å². The number of alkyl halides is 1. The third-order valence-corrected chi connectivity index (χ3v) is 3.37. The average Bonchev–Trinajstić information content (AvgIpc) is 2.84. The van der Waals surface area contributed by atoms with Crippen molar-refractivity contribution in [1.29, 1.82) is 0 Å². The molecule has 0 atom stereocenters. The zero-order valence-electron chi connectivity index (χ0n) is 10.8. The van der Waals surface area contributed by atoms with Gasteiger partial charge in [-0.05, 0) is 24.3 Å². The van der Waals surface area contributed by atoms with Gasteiger partial charge in [0.1, 0.15) is 17.4 Å². The number of hydrogen-bond acceptors (Lipinski definition) is 2. The molecule has 0 aliphatic rings. The van der Waals surface area contributed by atoms with Crippen molar-refractivity contribution in [3.05, 3.63) is 54.1 Å². The lowest BCUT2D eigenvalue weighted by atomic mass is 10.2. The number of benzene rings is 2. The molecule has 20 heavy (non-hydrogen) atoms. The van der Waals surface area contributed by atoms with Crippen LogP contribution in [0.3, 0.4) is 0 Å². The van der Waals surface area contributed by atoms with Crippen molar-refractivity contribution in [3.63, 3.8) is 0 Å². The first-order valence-corrected chi connectivity index (χ1v) is 6.64. The summed E-state index contributed by atoms with van der Waals surface area (Å²) in [4.78, 5) is 4.38. The summed E-state index contributed by atoms with van der Waals surface area (Å²) < 4.78 is 20.6. The van der Waals surface area contributed by atoms with Crippen LogP contribution < -0.4 is 4.74 Å². The maximum absolute atomic E-state index is 13.3. The second-order valence-corrected chi connectivity index (χ2v) is 4.57. The van der Waals surface area contributed by atoms with Gasteiger partial charge in [-0.2, -0.15) is 0 Å². The Morgan fingerprint density at radius 2 is 2.05 bits per heavy atom. The molecule has 0 N–H and O–H groups in total. The van der Waals surface area contributed by atoms with Gasteiger partial charge in [0, 0.05) is 6.07 Å². The van der Waals surface area contributed by atoms with Gasteiger partial charge in [-0.15, -0.1) is 11.6 Å². The number of methoxy groups -OCH3 is 1. The van der Waals surface area contributed by atoms with Crippen LogP contribution in [-0.4, -0.2) is 16.7 Å². The van der Waals surface area contributed by atoms with Crippen LogP contribution in [0.15, 0.2) is 42.5 Å². The Labute approximate surface area is 120 Å². The summed E-state index contributed by atoms with van der Waals surface area (Å²) in [6.45, 7) is 0. The van der Waals surface area contributed by atoms with E-state index in [-0.39, 0.29) is 11.7 Å². The van der Waals surface area contributed by atoms with Crippen LogP contribution in [0.1, 0.15) is 5.82 Å². The molecule has 0 saturated heterocycles. The number of halogens is 2. The Morgan fingerprint density at radius 1 is 1.25 bits per heavy atom. The van der Waals surface area contributed by atoms with Gasteiger partial charge in [-0.1, -0.05) is 12.1 Å².